The minimum absolute atomic E-state index is 0.0717. The Morgan fingerprint density at radius 2 is 2.00 bits per heavy atom. The number of nitrogens with one attached hydrogen (secondary N) is 1. The van der Waals surface area contributed by atoms with Gasteiger partial charge in [-0.25, -0.2) is 0 Å². The molecule has 6 heteroatoms. The molecule has 0 spiro atoms. The maximum absolute atomic E-state index is 11.2. The first-order valence-electron chi connectivity index (χ1n) is 4.80. The van der Waals surface area contributed by atoms with Crippen molar-refractivity contribution in [1.29, 1.82) is 0 Å². The van der Waals surface area contributed by atoms with E-state index in [1.165, 1.54) is 0 Å². The number of rotatable bonds is 6. The monoisotopic (exact) mass is 233 g/mol. The van der Waals surface area contributed by atoms with Crippen LogP contribution >= 0.6 is 11.8 Å². The maximum Gasteiger partial charge on any atom is 0.313 e. The zero-order valence-electron chi connectivity index (χ0n) is 8.36. The number of aliphatic hydroxyl groups is 1. The lowest BCUT2D eigenvalue weighted by atomic mass is 9.80. The van der Waals surface area contributed by atoms with Crippen LogP contribution in [0.3, 0.4) is 0 Å². The van der Waals surface area contributed by atoms with Gasteiger partial charge in [-0.2, -0.15) is 0 Å². The Kier molecular flexibility index (Phi) is 4.41. The van der Waals surface area contributed by atoms with E-state index in [0.717, 1.165) is 31.0 Å². The van der Waals surface area contributed by atoms with Gasteiger partial charge in [-0.3, -0.25) is 9.59 Å². The fourth-order valence-electron chi connectivity index (χ4n) is 1.31. The van der Waals surface area contributed by atoms with Gasteiger partial charge in [0, 0.05) is 6.54 Å². The largest absolute Gasteiger partial charge is 0.481 e. The predicted octanol–water partition coefficient (Wildman–Crippen LogP) is -0.165. The van der Waals surface area contributed by atoms with Crippen molar-refractivity contribution in [3.63, 3.8) is 0 Å². The molecule has 0 radical (unpaired) electrons. The van der Waals surface area contributed by atoms with Crippen LogP contribution in [0.4, 0.5) is 0 Å². The second-order valence-corrected chi connectivity index (χ2v) is 4.73. The maximum atomic E-state index is 11.2. The van der Waals surface area contributed by atoms with Crippen LogP contribution in [-0.4, -0.2) is 45.7 Å². The summed E-state index contributed by atoms with van der Waals surface area (Å²) in [7, 11) is 0. The molecule has 1 saturated carbocycles. The summed E-state index contributed by atoms with van der Waals surface area (Å²) in [6, 6.07) is 0. The number of carbonyl (C=O) groups is 2. The van der Waals surface area contributed by atoms with Gasteiger partial charge in [0.05, 0.1) is 17.1 Å². The van der Waals surface area contributed by atoms with Gasteiger partial charge in [-0.15, -0.1) is 11.8 Å². The van der Waals surface area contributed by atoms with Crippen molar-refractivity contribution in [2.24, 2.45) is 0 Å². The van der Waals surface area contributed by atoms with Crippen LogP contribution in [0.1, 0.15) is 19.3 Å². The molecule has 15 heavy (non-hydrogen) atoms. The average molecular weight is 233 g/mol. The third kappa shape index (κ3) is 4.53. The van der Waals surface area contributed by atoms with Crippen LogP contribution in [0, 0.1) is 0 Å². The molecular weight excluding hydrogens is 218 g/mol. The highest BCUT2D eigenvalue weighted by molar-refractivity contribution is 8.00. The van der Waals surface area contributed by atoms with Crippen LogP contribution in [0.25, 0.3) is 0 Å². The second-order valence-electron chi connectivity index (χ2n) is 3.74. The molecule has 5 nitrogen and oxygen atoms in total. The number of carboxylic acid groups (broad SMARTS) is 1. The molecule has 0 unspecified atom stereocenters. The van der Waals surface area contributed by atoms with Gasteiger partial charge in [0.25, 0.3) is 0 Å². The van der Waals surface area contributed by atoms with Crippen molar-refractivity contribution in [2.75, 3.05) is 18.1 Å². The van der Waals surface area contributed by atoms with Crippen molar-refractivity contribution < 1.29 is 19.8 Å². The van der Waals surface area contributed by atoms with Crippen LogP contribution in [-0.2, 0) is 9.59 Å². The second kappa shape index (κ2) is 5.37. The fourth-order valence-corrected chi connectivity index (χ4v) is 1.87. The van der Waals surface area contributed by atoms with Crippen molar-refractivity contribution >= 4 is 23.6 Å². The van der Waals surface area contributed by atoms with Gasteiger partial charge in [0.1, 0.15) is 0 Å². The third-order valence-corrected chi connectivity index (χ3v) is 3.27. The van der Waals surface area contributed by atoms with Crippen LogP contribution < -0.4 is 5.32 Å². The van der Waals surface area contributed by atoms with E-state index >= 15 is 0 Å². The number of carbonyl (C=O) groups excluding carboxylic acids is 1. The Balaban J connectivity index is 2.05. The summed E-state index contributed by atoms with van der Waals surface area (Å²) in [6.45, 7) is 0.277. The molecule has 0 aliphatic heterocycles. The standard InChI is InChI=1S/C9H15NO4S/c11-7(4-15-5-8(12)13)10-6-9(14)2-1-3-9/h14H,1-6H2,(H,10,11)(H,12,13). The number of thioether (sulfide) groups is 1. The Morgan fingerprint density at radius 3 is 2.47 bits per heavy atom. The van der Waals surface area contributed by atoms with Crippen LogP contribution in [0.2, 0.25) is 0 Å². The lowest BCUT2D eigenvalue weighted by Crippen LogP contribution is -2.48. The van der Waals surface area contributed by atoms with E-state index in [1.807, 2.05) is 0 Å². The van der Waals surface area contributed by atoms with E-state index in [1.54, 1.807) is 0 Å². The van der Waals surface area contributed by atoms with E-state index < -0.39 is 11.6 Å². The van der Waals surface area contributed by atoms with Crippen LogP contribution in [0.5, 0.6) is 0 Å². The van der Waals surface area contributed by atoms with Gasteiger partial charge in [0.15, 0.2) is 0 Å². The van der Waals surface area contributed by atoms with Crippen molar-refractivity contribution in [2.45, 2.75) is 24.9 Å². The zero-order valence-corrected chi connectivity index (χ0v) is 9.18. The Hall–Kier alpha value is -0.750. The third-order valence-electron chi connectivity index (χ3n) is 2.36. The highest BCUT2D eigenvalue weighted by atomic mass is 32.2. The van der Waals surface area contributed by atoms with E-state index in [0.29, 0.717) is 0 Å². The molecule has 0 aromatic carbocycles. The minimum atomic E-state index is -0.926. The molecule has 1 aliphatic rings. The first-order chi connectivity index (χ1) is 7.02. The summed E-state index contributed by atoms with van der Waals surface area (Å²) >= 11 is 1.05. The number of aliphatic carboxylic acids is 1. The summed E-state index contributed by atoms with van der Waals surface area (Å²) in [5, 5.41) is 20.6. The minimum Gasteiger partial charge on any atom is -0.481 e. The van der Waals surface area contributed by atoms with Crippen molar-refractivity contribution in [3.05, 3.63) is 0 Å². The normalized spacial score (nSPS) is 17.9. The molecule has 1 aliphatic carbocycles. The number of amides is 1. The topological polar surface area (TPSA) is 86.6 Å². The number of carboxylic acids is 1. The molecule has 1 fully saturated rings. The SMILES string of the molecule is O=C(O)CSCC(=O)NCC1(O)CCC1. The average Bonchev–Trinajstić information content (AvgIpc) is 2.11. The molecule has 86 valence electrons. The molecule has 0 heterocycles. The summed E-state index contributed by atoms with van der Waals surface area (Å²) in [5.74, 6) is -1.09. The molecular formula is C9H15NO4S. The lowest BCUT2D eigenvalue weighted by molar-refractivity contribution is -0.133. The zero-order chi connectivity index (χ0) is 11.3. The van der Waals surface area contributed by atoms with Gasteiger partial charge in [-0.1, -0.05) is 0 Å². The van der Waals surface area contributed by atoms with Crippen molar-refractivity contribution in [3.8, 4) is 0 Å². The van der Waals surface area contributed by atoms with E-state index in [4.69, 9.17) is 5.11 Å². The fraction of sp³-hybridized carbons (Fsp3) is 0.778. The van der Waals surface area contributed by atoms with Crippen LogP contribution in [0.15, 0.2) is 0 Å². The molecule has 0 atom stereocenters. The summed E-state index contributed by atoms with van der Waals surface area (Å²) in [4.78, 5) is 21.3. The Labute approximate surface area is 92.2 Å². The smallest absolute Gasteiger partial charge is 0.313 e. The highest BCUT2D eigenvalue weighted by Crippen LogP contribution is 2.30. The summed E-state index contributed by atoms with van der Waals surface area (Å²) < 4.78 is 0. The Bertz CT molecular complexity index is 252. The number of hydrogen-bond acceptors (Lipinski definition) is 4. The first kappa shape index (κ1) is 12.3. The molecule has 3 N–H and O–H groups in total. The lowest BCUT2D eigenvalue weighted by Gasteiger charge is -2.36. The van der Waals surface area contributed by atoms with Gasteiger partial charge in [0.2, 0.25) is 5.91 Å². The van der Waals surface area contributed by atoms with Gasteiger partial charge < -0.3 is 15.5 Å². The van der Waals surface area contributed by atoms with E-state index in [9.17, 15) is 14.7 Å². The predicted molar refractivity (Wildman–Crippen MR) is 56.8 cm³/mol. The Morgan fingerprint density at radius 1 is 1.33 bits per heavy atom. The van der Waals surface area contributed by atoms with E-state index in [2.05, 4.69) is 5.32 Å². The quantitative estimate of drug-likeness (QED) is 0.593. The molecule has 0 saturated heterocycles. The van der Waals surface area contributed by atoms with Crippen molar-refractivity contribution in [1.82, 2.24) is 5.32 Å². The molecule has 1 rings (SSSR count). The molecule has 0 aromatic heterocycles. The van der Waals surface area contributed by atoms with Gasteiger partial charge in [-0.05, 0) is 19.3 Å². The van der Waals surface area contributed by atoms with Gasteiger partial charge >= 0.3 is 5.97 Å². The summed E-state index contributed by atoms with van der Waals surface area (Å²) in [6.07, 6.45) is 2.46. The van der Waals surface area contributed by atoms with E-state index in [-0.39, 0.29) is 24.0 Å². The first-order valence-corrected chi connectivity index (χ1v) is 5.96. The number of hydrogen-bond donors (Lipinski definition) is 3. The molecule has 0 bridgehead atoms. The highest BCUT2D eigenvalue weighted by Gasteiger charge is 2.34. The summed E-state index contributed by atoms with van der Waals surface area (Å²) in [5.41, 5.74) is -0.715. The molecule has 0 aromatic rings. The molecule has 1 amide bonds.